The minimum absolute atomic E-state index is 0.0403. The Morgan fingerprint density at radius 2 is 2.18 bits per heavy atom. The summed E-state index contributed by atoms with van der Waals surface area (Å²) in [7, 11) is 1.30. The molecule has 0 unspecified atom stereocenters. The summed E-state index contributed by atoms with van der Waals surface area (Å²) < 4.78 is 4.54. The number of anilines is 1. The zero-order valence-corrected chi connectivity index (χ0v) is 10.3. The minimum atomic E-state index is -0.512. The third kappa shape index (κ3) is 3.39. The zero-order valence-electron chi connectivity index (χ0n) is 10.3. The number of hydrogen-bond donors (Lipinski definition) is 1. The summed E-state index contributed by atoms with van der Waals surface area (Å²) in [4.78, 5) is 13.1. The Morgan fingerprint density at radius 3 is 2.59 bits per heavy atom. The van der Waals surface area contributed by atoms with Crippen LogP contribution >= 0.6 is 0 Å². The number of methoxy groups -OCH3 is 1. The van der Waals surface area contributed by atoms with E-state index in [2.05, 4.69) is 14.9 Å². The van der Waals surface area contributed by atoms with Crippen LogP contribution in [0.25, 0.3) is 0 Å². The molecule has 1 aromatic rings. The molecule has 17 heavy (non-hydrogen) atoms. The van der Waals surface area contributed by atoms with Crippen LogP contribution in [-0.4, -0.2) is 47.6 Å². The molecule has 0 amide bonds. The second kappa shape index (κ2) is 6.15. The molecule has 0 aliphatic rings. The molecule has 1 aromatic heterocycles. The SMILES string of the molecule is COC(=O)c1ccc(N(CCO)C(C)C)nn1. The van der Waals surface area contributed by atoms with Crippen molar-refractivity contribution in [3.8, 4) is 0 Å². The zero-order chi connectivity index (χ0) is 12.8. The maximum absolute atomic E-state index is 11.2. The molecule has 0 radical (unpaired) electrons. The summed E-state index contributed by atoms with van der Waals surface area (Å²) in [6.45, 7) is 4.50. The van der Waals surface area contributed by atoms with Gasteiger partial charge in [0.2, 0.25) is 0 Å². The molecule has 0 saturated carbocycles. The molecule has 0 bridgehead atoms. The van der Waals surface area contributed by atoms with Crippen molar-refractivity contribution in [2.45, 2.75) is 19.9 Å². The molecule has 6 nitrogen and oxygen atoms in total. The number of esters is 1. The molecule has 0 spiro atoms. The predicted octanol–water partition coefficient (Wildman–Crippen LogP) is 0.470. The normalized spacial score (nSPS) is 10.4. The van der Waals surface area contributed by atoms with E-state index in [0.29, 0.717) is 12.4 Å². The molecule has 1 rings (SSSR count). The van der Waals surface area contributed by atoms with Crippen molar-refractivity contribution in [2.75, 3.05) is 25.2 Å². The lowest BCUT2D eigenvalue weighted by molar-refractivity contribution is 0.0592. The van der Waals surface area contributed by atoms with Crippen molar-refractivity contribution in [1.29, 1.82) is 0 Å². The highest BCUT2D eigenvalue weighted by Crippen LogP contribution is 2.12. The van der Waals surface area contributed by atoms with Crippen LogP contribution in [0.3, 0.4) is 0 Å². The van der Waals surface area contributed by atoms with Gasteiger partial charge in [0.15, 0.2) is 11.5 Å². The van der Waals surface area contributed by atoms with Crippen LogP contribution in [-0.2, 0) is 4.74 Å². The van der Waals surface area contributed by atoms with E-state index in [1.807, 2.05) is 18.7 Å². The molecule has 1 heterocycles. The molecule has 0 aliphatic heterocycles. The topological polar surface area (TPSA) is 75.5 Å². The Kier molecular flexibility index (Phi) is 4.84. The van der Waals surface area contributed by atoms with E-state index in [1.54, 1.807) is 12.1 Å². The summed E-state index contributed by atoms with van der Waals surface area (Å²) >= 11 is 0. The number of carbonyl (C=O) groups excluding carboxylic acids is 1. The number of aliphatic hydroxyl groups is 1. The Hall–Kier alpha value is -1.69. The Balaban J connectivity index is 2.88. The van der Waals surface area contributed by atoms with E-state index in [1.165, 1.54) is 7.11 Å². The van der Waals surface area contributed by atoms with Gasteiger partial charge in [0.05, 0.1) is 13.7 Å². The number of hydrogen-bond acceptors (Lipinski definition) is 6. The van der Waals surface area contributed by atoms with Crippen LogP contribution in [0.1, 0.15) is 24.3 Å². The molecule has 0 fully saturated rings. The molecule has 0 atom stereocenters. The van der Waals surface area contributed by atoms with Gasteiger partial charge in [0.25, 0.3) is 0 Å². The Labute approximate surface area is 100 Å². The second-order valence-corrected chi connectivity index (χ2v) is 3.78. The van der Waals surface area contributed by atoms with Gasteiger partial charge in [-0.2, -0.15) is 0 Å². The van der Waals surface area contributed by atoms with Gasteiger partial charge in [0, 0.05) is 12.6 Å². The van der Waals surface area contributed by atoms with E-state index < -0.39 is 5.97 Å². The number of ether oxygens (including phenoxy) is 1. The first-order valence-electron chi connectivity index (χ1n) is 5.39. The van der Waals surface area contributed by atoms with Crippen LogP contribution in [0.4, 0.5) is 5.82 Å². The van der Waals surface area contributed by atoms with Gasteiger partial charge in [-0.05, 0) is 26.0 Å². The van der Waals surface area contributed by atoms with Crippen molar-refractivity contribution < 1.29 is 14.6 Å². The summed E-state index contributed by atoms with van der Waals surface area (Å²) in [5.41, 5.74) is 0.170. The molecule has 0 aliphatic carbocycles. The molecular weight excluding hydrogens is 222 g/mol. The van der Waals surface area contributed by atoms with Gasteiger partial charge >= 0.3 is 5.97 Å². The van der Waals surface area contributed by atoms with Crippen molar-refractivity contribution in [3.05, 3.63) is 17.8 Å². The minimum Gasteiger partial charge on any atom is -0.464 e. The number of aliphatic hydroxyl groups excluding tert-OH is 1. The average molecular weight is 239 g/mol. The molecule has 0 saturated heterocycles. The van der Waals surface area contributed by atoms with E-state index in [9.17, 15) is 4.79 Å². The fraction of sp³-hybridized carbons (Fsp3) is 0.545. The number of nitrogens with zero attached hydrogens (tertiary/aromatic N) is 3. The third-order valence-electron chi connectivity index (χ3n) is 2.30. The van der Waals surface area contributed by atoms with Gasteiger partial charge in [0.1, 0.15) is 0 Å². The Morgan fingerprint density at radius 1 is 1.47 bits per heavy atom. The second-order valence-electron chi connectivity index (χ2n) is 3.78. The first kappa shape index (κ1) is 13.4. The van der Waals surface area contributed by atoms with Gasteiger partial charge < -0.3 is 14.7 Å². The van der Waals surface area contributed by atoms with E-state index >= 15 is 0 Å². The average Bonchev–Trinajstić information content (AvgIpc) is 2.35. The fourth-order valence-electron chi connectivity index (χ4n) is 1.44. The molecule has 94 valence electrons. The van der Waals surface area contributed by atoms with Crippen molar-refractivity contribution in [1.82, 2.24) is 10.2 Å². The standard InChI is InChI=1S/C11H17N3O3/c1-8(2)14(6-7-15)10-5-4-9(12-13-10)11(16)17-3/h4-5,8,15H,6-7H2,1-3H3. The lowest BCUT2D eigenvalue weighted by atomic mass is 10.3. The van der Waals surface area contributed by atoms with Gasteiger partial charge in [-0.1, -0.05) is 0 Å². The van der Waals surface area contributed by atoms with Crippen LogP contribution in [0.2, 0.25) is 0 Å². The molecular formula is C11H17N3O3. The summed E-state index contributed by atoms with van der Waals surface area (Å²) in [6, 6.07) is 3.44. The smallest absolute Gasteiger partial charge is 0.358 e. The number of rotatable bonds is 5. The summed E-state index contributed by atoms with van der Waals surface area (Å²) in [6.07, 6.45) is 0. The highest BCUT2D eigenvalue weighted by molar-refractivity contribution is 5.86. The molecule has 0 aromatic carbocycles. The highest BCUT2D eigenvalue weighted by atomic mass is 16.5. The van der Waals surface area contributed by atoms with E-state index in [4.69, 9.17) is 5.11 Å². The van der Waals surface area contributed by atoms with E-state index in [-0.39, 0.29) is 18.3 Å². The Bertz CT molecular complexity index is 365. The molecule has 1 N–H and O–H groups in total. The predicted molar refractivity (Wildman–Crippen MR) is 62.9 cm³/mol. The lowest BCUT2D eigenvalue weighted by Gasteiger charge is -2.26. The number of carbonyl (C=O) groups is 1. The quantitative estimate of drug-likeness (QED) is 0.753. The largest absolute Gasteiger partial charge is 0.464 e. The summed E-state index contributed by atoms with van der Waals surface area (Å²) in [5.74, 6) is 0.115. The van der Waals surface area contributed by atoms with Crippen LogP contribution in [0.15, 0.2) is 12.1 Å². The first-order valence-corrected chi connectivity index (χ1v) is 5.39. The van der Waals surface area contributed by atoms with Gasteiger partial charge in [-0.25, -0.2) is 4.79 Å². The van der Waals surface area contributed by atoms with Gasteiger partial charge in [-0.3, -0.25) is 0 Å². The van der Waals surface area contributed by atoms with Crippen LogP contribution < -0.4 is 4.90 Å². The van der Waals surface area contributed by atoms with Crippen molar-refractivity contribution in [3.63, 3.8) is 0 Å². The fourth-order valence-corrected chi connectivity index (χ4v) is 1.44. The van der Waals surface area contributed by atoms with Crippen LogP contribution in [0, 0.1) is 0 Å². The van der Waals surface area contributed by atoms with Crippen LogP contribution in [0.5, 0.6) is 0 Å². The van der Waals surface area contributed by atoms with Crippen molar-refractivity contribution >= 4 is 11.8 Å². The first-order chi connectivity index (χ1) is 8.10. The summed E-state index contributed by atoms with van der Waals surface area (Å²) in [5, 5.41) is 16.7. The maximum Gasteiger partial charge on any atom is 0.358 e. The third-order valence-corrected chi connectivity index (χ3v) is 2.30. The monoisotopic (exact) mass is 239 g/mol. The van der Waals surface area contributed by atoms with E-state index in [0.717, 1.165) is 0 Å². The highest BCUT2D eigenvalue weighted by Gasteiger charge is 2.13. The lowest BCUT2D eigenvalue weighted by Crippen LogP contribution is -2.34. The number of aromatic nitrogens is 2. The molecule has 6 heteroatoms. The van der Waals surface area contributed by atoms with Gasteiger partial charge in [-0.15, -0.1) is 10.2 Å². The maximum atomic E-state index is 11.2. The van der Waals surface area contributed by atoms with Crippen molar-refractivity contribution in [2.24, 2.45) is 0 Å².